The summed E-state index contributed by atoms with van der Waals surface area (Å²) < 4.78 is 33.1. The zero-order valence-corrected chi connectivity index (χ0v) is 20.0. The molecule has 1 heterocycles. The number of rotatable bonds is 7. The standard InChI is InChI=1S/C25H23ClN2O5S/c1-2-17-7-3-5-9-21(17)27-24(29)16-33-25(30)19-11-12-20(26)23(15-19)34(31,32)28-14-13-18-8-4-6-10-22(18)28/h3-12,15H,2,13-14,16H2,1H3,(H,27,29). The Kier molecular flexibility index (Phi) is 6.90. The molecule has 0 saturated carbocycles. The van der Waals surface area contributed by atoms with E-state index in [9.17, 15) is 18.0 Å². The van der Waals surface area contributed by atoms with Crippen molar-refractivity contribution in [1.82, 2.24) is 0 Å². The van der Waals surface area contributed by atoms with E-state index in [1.807, 2.05) is 31.2 Å². The molecule has 1 aliphatic heterocycles. The number of carbonyl (C=O) groups excluding carboxylic acids is 2. The molecule has 1 aliphatic rings. The maximum atomic E-state index is 13.3. The highest BCUT2D eigenvalue weighted by molar-refractivity contribution is 7.93. The fourth-order valence-electron chi connectivity index (χ4n) is 3.86. The molecule has 34 heavy (non-hydrogen) atoms. The number of benzene rings is 3. The summed E-state index contributed by atoms with van der Waals surface area (Å²) in [6.45, 7) is 1.74. The number of nitrogens with zero attached hydrogens (tertiary/aromatic N) is 1. The second kappa shape index (κ2) is 9.87. The number of fused-ring (bicyclic) bond motifs is 1. The lowest BCUT2D eigenvalue weighted by Crippen LogP contribution is -2.29. The minimum Gasteiger partial charge on any atom is -0.452 e. The van der Waals surface area contributed by atoms with Crippen molar-refractivity contribution in [1.29, 1.82) is 0 Å². The van der Waals surface area contributed by atoms with Gasteiger partial charge in [-0.05, 0) is 54.3 Å². The Hall–Kier alpha value is -3.36. The lowest BCUT2D eigenvalue weighted by atomic mass is 10.1. The van der Waals surface area contributed by atoms with Gasteiger partial charge < -0.3 is 10.1 Å². The summed E-state index contributed by atoms with van der Waals surface area (Å²) in [5.74, 6) is -1.32. The van der Waals surface area contributed by atoms with Crippen molar-refractivity contribution in [2.24, 2.45) is 0 Å². The van der Waals surface area contributed by atoms with E-state index in [1.54, 1.807) is 24.3 Å². The fraction of sp³-hybridized carbons (Fsp3) is 0.200. The molecule has 3 aromatic carbocycles. The van der Waals surface area contributed by atoms with E-state index >= 15 is 0 Å². The fourth-order valence-corrected chi connectivity index (χ4v) is 5.86. The first-order valence-electron chi connectivity index (χ1n) is 10.8. The van der Waals surface area contributed by atoms with Crippen molar-refractivity contribution < 1.29 is 22.7 Å². The monoisotopic (exact) mass is 498 g/mol. The van der Waals surface area contributed by atoms with Crippen molar-refractivity contribution in [3.05, 3.63) is 88.4 Å². The van der Waals surface area contributed by atoms with Gasteiger partial charge in [0.2, 0.25) is 0 Å². The number of esters is 1. The molecule has 3 aromatic rings. The Morgan fingerprint density at radius 3 is 2.59 bits per heavy atom. The lowest BCUT2D eigenvalue weighted by molar-refractivity contribution is -0.119. The van der Waals surface area contributed by atoms with Crippen LogP contribution in [0.1, 0.15) is 28.4 Å². The van der Waals surface area contributed by atoms with Gasteiger partial charge >= 0.3 is 5.97 Å². The van der Waals surface area contributed by atoms with Crippen molar-refractivity contribution in [2.75, 3.05) is 22.8 Å². The molecule has 0 atom stereocenters. The summed E-state index contributed by atoms with van der Waals surface area (Å²) in [5, 5.41) is 2.71. The van der Waals surface area contributed by atoms with E-state index < -0.39 is 28.5 Å². The molecular formula is C25H23ClN2O5S. The Bertz CT molecular complexity index is 1360. The first-order chi connectivity index (χ1) is 16.3. The number of carbonyl (C=O) groups is 2. The van der Waals surface area contributed by atoms with E-state index in [-0.39, 0.29) is 22.0 Å². The summed E-state index contributed by atoms with van der Waals surface area (Å²) in [5.41, 5.74) is 3.11. The van der Waals surface area contributed by atoms with E-state index in [4.69, 9.17) is 16.3 Å². The first-order valence-corrected chi connectivity index (χ1v) is 12.6. The summed E-state index contributed by atoms with van der Waals surface area (Å²) in [4.78, 5) is 24.7. The van der Waals surface area contributed by atoms with Crippen molar-refractivity contribution >= 4 is 44.9 Å². The summed E-state index contributed by atoms with van der Waals surface area (Å²) in [6.07, 6.45) is 1.32. The summed E-state index contributed by atoms with van der Waals surface area (Å²) in [6, 6.07) is 18.5. The third-order valence-electron chi connectivity index (χ3n) is 5.59. The number of hydrogen-bond acceptors (Lipinski definition) is 5. The molecule has 0 aromatic heterocycles. The third-order valence-corrected chi connectivity index (χ3v) is 7.88. The zero-order valence-electron chi connectivity index (χ0n) is 18.5. The minimum absolute atomic E-state index is 0.00477. The van der Waals surface area contributed by atoms with Crippen molar-refractivity contribution in [3.63, 3.8) is 0 Å². The van der Waals surface area contributed by atoms with Crippen LogP contribution in [0.5, 0.6) is 0 Å². The Morgan fingerprint density at radius 2 is 1.79 bits per heavy atom. The number of halogens is 1. The van der Waals surface area contributed by atoms with Crippen LogP contribution in [0.3, 0.4) is 0 Å². The maximum Gasteiger partial charge on any atom is 0.338 e. The molecule has 0 bridgehead atoms. The first kappa shape index (κ1) is 23.8. The van der Waals surface area contributed by atoms with Crippen LogP contribution in [0.2, 0.25) is 5.02 Å². The smallest absolute Gasteiger partial charge is 0.338 e. The second-order valence-corrected chi connectivity index (χ2v) is 9.97. The van der Waals surface area contributed by atoms with Crippen LogP contribution in [0, 0.1) is 0 Å². The molecule has 0 unspecified atom stereocenters. The molecule has 0 saturated heterocycles. The van der Waals surface area contributed by atoms with Gasteiger partial charge in [0.05, 0.1) is 16.3 Å². The van der Waals surface area contributed by atoms with Gasteiger partial charge in [0, 0.05) is 12.2 Å². The number of ether oxygens (including phenoxy) is 1. The normalized spacial score (nSPS) is 12.8. The van der Waals surface area contributed by atoms with Crippen molar-refractivity contribution in [3.8, 4) is 0 Å². The third kappa shape index (κ3) is 4.78. The second-order valence-electron chi connectivity index (χ2n) is 7.74. The molecule has 1 amide bonds. The molecule has 0 aliphatic carbocycles. The maximum absolute atomic E-state index is 13.3. The highest BCUT2D eigenvalue weighted by atomic mass is 35.5. The van der Waals surface area contributed by atoms with Gasteiger partial charge in [0.25, 0.3) is 15.9 Å². The van der Waals surface area contributed by atoms with Gasteiger partial charge in [-0.3, -0.25) is 9.10 Å². The zero-order chi connectivity index (χ0) is 24.3. The van der Waals surface area contributed by atoms with E-state index in [0.29, 0.717) is 17.8 Å². The summed E-state index contributed by atoms with van der Waals surface area (Å²) in [7, 11) is -4.00. The number of aryl methyl sites for hydroxylation is 1. The molecule has 7 nitrogen and oxygen atoms in total. The van der Waals surface area contributed by atoms with Crippen LogP contribution in [0.4, 0.5) is 11.4 Å². The van der Waals surface area contributed by atoms with E-state index in [0.717, 1.165) is 17.5 Å². The number of para-hydroxylation sites is 2. The lowest BCUT2D eigenvalue weighted by Gasteiger charge is -2.20. The minimum atomic E-state index is -4.00. The molecule has 4 rings (SSSR count). The molecule has 0 fully saturated rings. The van der Waals surface area contributed by atoms with Gasteiger partial charge in [0.1, 0.15) is 4.90 Å². The van der Waals surface area contributed by atoms with Gasteiger partial charge in [-0.2, -0.15) is 0 Å². The largest absolute Gasteiger partial charge is 0.452 e. The summed E-state index contributed by atoms with van der Waals surface area (Å²) >= 11 is 6.22. The molecule has 9 heteroatoms. The Morgan fingerprint density at radius 1 is 1.06 bits per heavy atom. The van der Waals surface area contributed by atoms with Gasteiger partial charge in [-0.15, -0.1) is 0 Å². The highest BCUT2D eigenvalue weighted by Gasteiger charge is 2.32. The Labute approximate surface area is 203 Å². The molecule has 0 spiro atoms. The molecule has 0 radical (unpaired) electrons. The number of anilines is 2. The SMILES string of the molecule is CCc1ccccc1NC(=O)COC(=O)c1ccc(Cl)c(S(=O)(=O)N2CCc3ccccc32)c1. The van der Waals surface area contributed by atoms with Crippen LogP contribution in [-0.2, 0) is 32.4 Å². The van der Waals surface area contributed by atoms with Gasteiger partial charge in [0.15, 0.2) is 6.61 Å². The topological polar surface area (TPSA) is 92.8 Å². The van der Waals surface area contributed by atoms with Crippen LogP contribution >= 0.6 is 11.6 Å². The van der Waals surface area contributed by atoms with Crippen LogP contribution < -0.4 is 9.62 Å². The average molecular weight is 499 g/mol. The van der Waals surface area contributed by atoms with Gasteiger partial charge in [-0.25, -0.2) is 13.2 Å². The number of amides is 1. The number of nitrogens with one attached hydrogen (secondary N) is 1. The quantitative estimate of drug-likeness (QED) is 0.486. The van der Waals surface area contributed by atoms with Crippen LogP contribution in [0.15, 0.2) is 71.6 Å². The van der Waals surface area contributed by atoms with Crippen LogP contribution in [-0.4, -0.2) is 33.4 Å². The van der Waals surface area contributed by atoms with E-state index in [1.165, 1.54) is 22.5 Å². The molecule has 1 N–H and O–H groups in total. The highest BCUT2D eigenvalue weighted by Crippen LogP contribution is 2.35. The Balaban J connectivity index is 1.48. The van der Waals surface area contributed by atoms with Crippen molar-refractivity contribution in [2.45, 2.75) is 24.7 Å². The number of hydrogen-bond donors (Lipinski definition) is 1. The van der Waals surface area contributed by atoms with E-state index in [2.05, 4.69) is 5.32 Å². The average Bonchev–Trinajstić information content (AvgIpc) is 3.28. The molecule has 176 valence electrons. The number of sulfonamides is 1. The van der Waals surface area contributed by atoms with Crippen LogP contribution in [0.25, 0.3) is 0 Å². The predicted molar refractivity (Wildman–Crippen MR) is 131 cm³/mol. The predicted octanol–water partition coefficient (Wildman–Crippen LogP) is 4.45. The van der Waals surface area contributed by atoms with Gasteiger partial charge in [-0.1, -0.05) is 54.9 Å². The molecular weight excluding hydrogens is 476 g/mol.